The van der Waals surface area contributed by atoms with Crippen molar-refractivity contribution in [3.8, 4) is 22.8 Å². The van der Waals surface area contributed by atoms with Gasteiger partial charge in [-0.15, -0.1) is 0 Å². The molecule has 0 aliphatic carbocycles. The maximum Gasteiger partial charge on any atom is 0.156 e. The summed E-state index contributed by atoms with van der Waals surface area (Å²) >= 11 is 0. The summed E-state index contributed by atoms with van der Waals surface area (Å²) < 4.78 is 29.7. The number of aryl methyl sites for hydroxylation is 1. The van der Waals surface area contributed by atoms with E-state index in [0.29, 0.717) is 36.5 Å². The fraction of sp³-hybridized carbons (Fsp3) is 0.188. The number of ether oxygens (including phenoxy) is 2. The molecule has 5 aromatic rings. The first-order chi connectivity index (χ1) is 18.1. The van der Waals surface area contributed by atoms with Crippen LogP contribution in [0.3, 0.4) is 0 Å². The van der Waals surface area contributed by atoms with Crippen LogP contribution in [-0.2, 0) is 19.6 Å². The minimum absolute atomic E-state index is 0.256. The summed E-state index contributed by atoms with van der Waals surface area (Å²) in [7, 11) is 1.64. The molecule has 4 aromatic carbocycles. The van der Waals surface area contributed by atoms with Crippen molar-refractivity contribution in [2.24, 2.45) is 5.73 Å². The van der Waals surface area contributed by atoms with E-state index in [1.54, 1.807) is 13.2 Å². The van der Waals surface area contributed by atoms with E-state index >= 15 is 4.39 Å². The van der Waals surface area contributed by atoms with Gasteiger partial charge in [-0.2, -0.15) is 0 Å². The van der Waals surface area contributed by atoms with Crippen molar-refractivity contribution in [1.29, 1.82) is 0 Å². The predicted octanol–water partition coefficient (Wildman–Crippen LogP) is 6.89. The molecule has 0 unspecified atom stereocenters. The zero-order chi connectivity index (χ0) is 25.8. The highest BCUT2D eigenvalue weighted by molar-refractivity contribution is 5.90. The molecule has 0 bridgehead atoms. The van der Waals surface area contributed by atoms with E-state index in [1.807, 2.05) is 67.6 Å². The highest BCUT2D eigenvalue weighted by Crippen LogP contribution is 2.37. The molecule has 0 saturated heterocycles. The summed E-state index contributed by atoms with van der Waals surface area (Å²) in [5, 5.41) is 0.538. The summed E-state index contributed by atoms with van der Waals surface area (Å²) in [5.74, 6) is 1.13. The highest BCUT2D eigenvalue weighted by atomic mass is 19.1. The lowest BCUT2D eigenvalue weighted by Gasteiger charge is -2.14. The molecule has 1 aromatic heterocycles. The van der Waals surface area contributed by atoms with Crippen LogP contribution in [-0.4, -0.2) is 18.2 Å². The van der Waals surface area contributed by atoms with Gasteiger partial charge in [0.1, 0.15) is 18.1 Å². The summed E-state index contributed by atoms with van der Waals surface area (Å²) in [6.45, 7) is 3.56. The fourth-order valence-electron chi connectivity index (χ4n) is 4.74. The fourth-order valence-corrected chi connectivity index (χ4v) is 4.74. The van der Waals surface area contributed by atoms with Crippen molar-refractivity contribution in [1.82, 2.24) is 4.57 Å². The molecule has 37 heavy (non-hydrogen) atoms. The molecule has 0 aliphatic rings. The first-order valence-corrected chi connectivity index (χ1v) is 12.5. The Balaban J connectivity index is 1.58. The van der Waals surface area contributed by atoms with Crippen LogP contribution in [0.2, 0.25) is 0 Å². The van der Waals surface area contributed by atoms with Gasteiger partial charge >= 0.3 is 0 Å². The Morgan fingerprint density at radius 3 is 2.24 bits per heavy atom. The third-order valence-electron chi connectivity index (χ3n) is 6.71. The van der Waals surface area contributed by atoms with Gasteiger partial charge in [0, 0.05) is 17.5 Å². The molecule has 0 amide bonds. The second-order valence-electron chi connectivity index (χ2n) is 9.24. The molecule has 0 spiro atoms. The molecule has 0 saturated carbocycles. The average molecular weight is 495 g/mol. The van der Waals surface area contributed by atoms with E-state index in [-0.39, 0.29) is 5.82 Å². The van der Waals surface area contributed by atoms with E-state index < -0.39 is 0 Å². The number of rotatable bonds is 9. The lowest BCUT2D eigenvalue weighted by molar-refractivity contribution is 0.306. The normalized spacial score (nSPS) is 11.1. The number of nitrogens with two attached hydrogens (primary N) is 1. The standard InChI is InChI=1S/C32H31FN2O2/c1-22-18-26(36-2)12-14-28(22)32-31(33)29-19-27(37-21-25-6-4-3-5-7-25)13-15-30(29)35(32)20-24-10-8-23(9-11-24)16-17-34/h3-15,18-19H,16-17,20-21,34H2,1-2H3. The number of aromatic nitrogens is 1. The Morgan fingerprint density at radius 2 is 1.54 bits per heavy atom. The van der Waals surface area contributed by atoms with Gasteiger partial charge in [-0.1, -0.05) is 54.6 Å². The van der Waals surface area contributed by atoms with E-state index in [9.17, 15) is 0 Å². The molecule has 0 fully saturated rings. The summed E-state index contributed by atoms with van der Waals surface area (Å²) in [6, 6.07) is 29.7. The van der Waals surface area contributed by atoms with Crippen molar-refractivity contribution in [3.63, 3.8) is 0 Å². The smallest absolute Gasteiger partial charge is 0.156 e. The van der Waals surface area contributed by atoms with Crippen LogP contribution in [0.5, 0.6) is 11.5 Å². The van der Waals surface area contributed by atoms with Gasteiger partial charge in [0.25, 0.3) is 0 Å². The zero-order valence-corrected chi connectivity index (χ0v) is 21.2. The number of nitrogens with zero attached hydrogens (tertiary/aromatic N) is 1. The Bertz CT molecular complexity index is 1510. The molecular formula is C32H31FN2O2. The Labute approximate surface area is 217 Å². The van der Waals surface area contributed by atoms with Gasteiger partial charge < -0.3 is 19.8 Å². The number of hydrogen-bond acceptors (Lipinski definition) is 3. The maximum atomic E-state index is 16.2. The van der Waals surface area contributed by atoms with Gasteiger partial charge in [0.05, 0.1) is 18.3 Å². The van der Waals surface area contributed by atoms with Crippen molar-refractivity contribution in [2.45, 2.75) is 26.5 Å². The lowest BCUT2D eigenvalue weighted by atomic mass is 10.0. The maximum absolute atomic E-state index is 16.2. The molecule has 0 radical (unpaired) electrons. The van der Waals surface area contributed by atoms with Crippen LogP contribution in [0.25, 0.3) is 22.2 Å². The quantitative estimate of drug-likeness (QED) is 0.243. The Morgan fingerprint density at radius 1 is 0.811 bits per heavy atom. The minimum atomic E-state index is -0.256. The number of halogens is 1. The Hall–Kier alpha value is -4.09. The van der Waals surface area contributed by atoms with E-state index in [4.69, 9.17) is 15.2 Å². The predicted molar refractivity (Wildman–Crippen MR) is 148 cm³/mol. The largest absolute Gasteiger partial charge is 0.497 e. The summed E-state index contributed by atoms with van der Waals surface area (Å²) in [4.78, 5) is 0. The summed E-state index contributed by atoms with van der Waals surface area (Å²) in [6.07, 6.45) is 0.837. The molecule has 0 atom stereocenters. The number of fused-ring (bicyclic) bond motifs is 1. The summed E-state index contributed by atoms with van der Waals surface area (Å²) in [5.41, 5.74) is 12.2. The van der Waals surface area contributed by atoms with E-state index in [1.165, 1.54) is 5.56 Å². The second-order valence-corrected chi connectivity index (χ2v) is 9.24. The average Bonchev–Trinajstić information content (AvgIpc) is 3.19. The van der Waals surface area contributed by atoms with Crippen molar-refractivity contribution < 1.29 is 13.9 Å². The molecular weight excluding hydrogens is 463 g/mol. The number of hydrogen-bond donors (Lipinski definition) is 1. The molecule has 1 heterocycles. The lowest BCUT2D eigenvalue weighted by Crippen LogP contribution is -2.05. The van der Waals surface area contributed by atoms with Crippen LogP contribution >= 0.6 is 0 Å². The van der Waals surface area contributed by atoms with Gasteiger partial charge in [0.2, 0.25) is 0 Å². The molecule has 0 aliphatic heterocycles. The van der Waals surface area contributed by atoms with Crippen LogP contribution in [0, 0.1) is 12.7 Å². The second kappa shape index (κ2) is 10.9. The van der Waals surface area contributed by atoms with Gasteiger partial charge in [-0.25, -0.2) is 4.39 Å². The van der Waals surface area contributed by atoms with Crippen LogP contribution in [0.15, 0.2) is 91.0 Å². The van der Waals surface area contributed by atoms with Crippen molar-refractivity contribution >= 4 is 10.9 Å². The van der Waals surface area contributed by atoms with Crippen LogP contribution in [0.1, 0.15) is 22.3 Å². The number of benzene rings is 4. The molecule has 5 heteroatoms. The Kier molecular flexibility index (Phi) is 7.24. The molecule has 4 nitrogen and oxygen atoms in total. The van der Waals surface area contributed by atoms with Crippen molar-refractivity contribution in [3.05, 3.63) is 119 Å². The van der Waals surface area contributed by atoms with Gasteiger partial charge in [-0.05, 0) is 78.5 Å². The monoisotopic (exact) mass is 494 g/mol. The molecule has 2 N–H and O–H groups in total. The zero-order valence-electron chi connectivity index (χ0n) is 21.2. The first kappa shape index (κ1) is 24.6. The first-order valence-electron chi connectivity index (χ1n) is 12.5. The van der Waals surface area contributed by atoms with Gasteiger partial charge in [0.15, 0.2) is 5.82 Å². The highest BCUT2D eigenvalue weighted by Gasteiger charge is 2.21. The van der Waals surface area contributed by atoms with Gasteiger partial charge in [-0.3, -0.25) is 0 Å². The van der Waals surface area contributed by atoms with Crippen LogP contribution < -0.4 is 15.2 Å². The minimum Gasteiger partial charge on any atom is -0.497 e. The van der Waals surface area contributed by atoms with E-state index in [0.717, 1.165) is 39.9 Å². The third-order valence-corrected chi connectivity index (χ3v) is 6.71. The van der Waals surface area contributed by atoms with E-state index in [2.05, 4.69) is 28.8 Å². The number of methoxy groups -OCH3 is 1. The molecule has 188 valence electrons. The third kappa shape index (κ3) is 5.23. The van der Waals surface area contributed by atoms with Crippen molar-refractivity contribution in [2.75, 3.05) is 13.7 Å². The van der Waals surface area contributed by atoms with Crippen LogP contribution in [0.4, 0.5) is 4.39 Å². The SMILES string of the molecule is COc1ccc(-c2c(F)c3cc(OCc4ccccc4)ccc3n2Cc2ccc(CCN)cc2)c(C)c1. The molecule has 5 rings (SSSR count). The topological polar surface area (TPSA) is 49.4 Å².